The first-order valence-corrected chi connectivity index (χ1v) is 8.83. The van der Waals surface area contributed by atoms with Crippen LogP contribution in [0.5, 0.6) is 5.88 Å². The minimum absolute atomic E-state index is 0.126. The molecule has 1 aliphatic carbocycles. The van der Waals surface area contributed by atoms with Gasteiger partial charge in [-0.05, 0) is 25.7 Å². The molecule has 0 atom stereocenters. The molecule has 1 aliphatic heterocycles. The van der Waals surface area contributed by atoms with Crippen LogP contribution < -0.4 is 15.0 Å². The number of ether oxygens (including phenoxy) is 1. The zero-order chi connectivity index (χ0) is 17.4. The van der Waals surface area contributed by atoms with Crippen LogP contribution in [0.3, 0.4) is 0 Å². The van der Waals surface area contributed by atoms with Gasteiger partial charge in [-0.1, -0.05) is 0 Å². The fourth-order valence-electron chi connectivity index (χ4n) is 3.38. The Labute approximate surface area is 146 Å². The number of aromatic amines is 1. The number of piperidine rings is 1. The lowest BCUT2D eigenvalue weighted by molar-refractivity contribution is 0.0928. The van der Waals surface area contributed by atoms with Crippen molar-refractivity contribution < 1.29 is 9.53 Å². The fraction of sp³-hybridized carbons (Fsp3) is 0.588. The minimum Gasteiger partial charge on any atom is -0.479 e. The number of hydrogen-bond acceptors (Lipinski definition) is 5. The molecule has 0 unspecified atom stereocenters. The summed E-state index contributed by atoms with van der Waals surface area (Å²) in [5.74, 6) is 1.95. The van der Waals surface area contributed by atoms with Crippen LogP contribution in [0.4, 0.5) is 5.82 Å². The number of nitrogens with one attached hydrogen (secondary N) is 2. The number of anilines is 1. The molecular formula is C17H24N6O2. The van der Waals surface area contributed by atoms with Gasteiger partial charge in [-0.3, -0.25) is 14.6 Å². The lowest BCUT2D eigenvalue weighted by atomic mass is 10.0. The Bertz CT molecular complexity index is 755. The van der Waals surface area contributed by atoms with E-state index in [1.54, 1.807) is 17.9 Å². The minimum atomic E-state index is -0.126. The molecule has 0 radical (unpaired) electrons. The van der Waals surface area contributed by atoms with Gasteiger partial charge < -0.3 is 15.0 Å². The Morgan fingerprint density at radius 2 is 2.08 bits per heavy atom. The van der Waals surface area contributed by atoms with Gasteiger partial charge in [-0.25, -0.2) is 0 Å². The zero-order valence-corrected chi connectivity index (χ0v) is 14.7. The molecule has 2 fully saturated rings. The lowest BCUT2D eigenvalue weighted by Crippen LogP contribution is -2.44. The molecule has 4 rings (SSSR count). The maximum atomic E-state index is 12.5. The highest BCUT2D eigenvalue weighted by molar-refractivity contribution is 5.96. The summed E-state index contributed by atoms with van der Waals surface area (Å²) in [6.07, 6.45) is 6.04. The Balaban J connectivity index is 1.32. The number of carbonyl (C=O) groups is 1. The van der Waals surface area contributed by atoms with Gasteiger partial charge in [0.25, 0.3) is 5.91 Å². The summed E-state index contributed by atoms with van der Waals surface area (Å²) in [7, 11) is 3.30. The summed E-state index contributed by atoms with van der Waals surface area (Å²) in [4.78, 5) is 14.8. The van der Waals surface area contributed by atoms with E-state index in [0.29, 0.717) is 17.4 Å². The predicted molar refractivity (Wildman–Crippen MR) is 93.0 cm³/mol. The van der Waals surface area contributed by atoms with E-state index in [2.05, 4.69) is 31.6 Å². The summed E-state index contributed by atoms with van der Waals surface area (Å²) in [6.45, 7) is 1.79. The molecule has 8 nitrogen and oxygen atoms in total. The van der Waals surface area contributed by atoms with Crippen molar-refractivity contribution in [3.8, 4) is 5.88 Å². The quantitative estimate of drug-likeness (QED) is 0.857. The van der Waals surface area contributed by atoms with Crippen molar-refractivity contribution >= 4 is 11.7 Å². The predicted octanol–water partition coefficient (Wildman–Crippen LogP) is 1.43. The van der Waals surface area contributed by atoms with E-state index in [-0.39, 0.29) is 11.9 Å². The second kappa shape index (κ2) is 6.42. The number of nitrogens with zero attached hydrogens (tertiary/aromatic N) is 4. The van der Waals surface area contributed by atoms with E-state index in [0.717, 1.165) is 31.7 Å². The SMILES string of the molecule is COc1nn(C)cc1C(=O)NC1CCN(c2cc(C3CC3)[nH]n2)CC1. The number of carbonyl (C=O) groups excluding carboxylic acids is 1. The first kappa shape index (κ1) is 16.0. The standard InChI is InChI=1S/C17H24N6O2/c1-22-10-13(17(21-22)25-2)16(24)18-12-5-7-23(8-6-12)15-9-14(19-20-15)11-3-4-11/h9-12H,3-8H2,1-2H3,(H,18,24)(H,19,20). The van der Waals surface area contributed by atoms with Crippen LogP contribution in [0.2, 0.25) is 0 Å². The van der Waals surface area contributed by atoms with Crippen molar-refractivity contribution in [3.05, 3.63) is 23.5 Å². The molecule has 2 aliphatic rings. The van der Waals surface area contributed by atoms with Gasteiger partial charge in [0, 0.05) is 50.1 Å². The summed E-state index contributed by atoms with van der Waals surface area (Å²) in [6, 6.07) is 2.34. The van der Waals surface area contributed by atoms with Crippen molar-refractivity contribution in [1.82, 2.24) is 25.3 Å². The van der Waals surface area contributed by atoms with E-state index in [1.165, 1.54) is 25.6 Å². The lowest BCUT2D eigenvalue weighted by Gasteiger charge is -2.32. The van der Waals surface area contributed by atoms with E-state index < -0.39 is 0 Å². The topological polar surface area (TPSA) is 88.1 Å². The average molecular weight is 344 g/mol. The maximum absolute atomic E-state index is 12.5. The Hall–Kier alpha value is -2.51. The van der Waals surface area contributed by atoms with Crippen LogP contribution in [0.25, 0.3) is 0 Å². The molecule has 1 amide bonds. The monoisotopic (exact) mass is 344 g/mol. The fourth-order valence-corrected chi connectivity index (χ4v) is 3.38. The van der Waals surface area contributed by atoms with Crippen LogP contribution in [-0.4, -0.2) is 52.1 Å². The number of rotatable bonds is 5. The maximum Gasteiger partial charge on any atom is 0.258 e. The van der Waals surface area contributed by atoms with Gasteiger partial charge in [0.15, 0.2) is 5.82 Å². The summed E-state index contributed by atoms with van der Waals surface area (Å²) >= 11 is 0. The number of aromatic nitrogens is 4. The van der Waals surface area contributed by atoms with Gasteiger partial charge in [0.1, 0.15) is 5.56 Å². The van der Waals surface area contributed by atoms with Crippen molar-refractivity contribution in [1.29, 1.82) is 0 Å². The molecule has 1 saturated heterocycles. The van der Waals surface area contributed by atoms with Crippen LogP contribution in [0.15, 0.2) is 12.3 Å². The third-order valence-electron chi connectivity index (χ3n) is 4.99. The highest BCUT2D eigenvalue weighted by Gasteiger charge is 2.28. The smallest absolute Gasteiger partial charge is 0.258 e. The van der Waals surface area contributed by atoms with E-state index >= 15 is 0 Å². The second-order valence-corrected chi connectivity index (χ2v) is 6.92. The van der Waals surface area contributed by atoms with Gasteiger partial charge in [0.2, 0.25) is 5.88 Å². The summed E-state index contributed by atoms with van der Waals surface area (Å²) < 4.78 is 6.75. The van der Waals surface area contributed by atoms with Crippen LogP contribution >= 0.6 is 0 Å². The highest BCUT2D eigenvalue weighted by Crippen LogP contribution is 2.40. The molecule has 0 aromatic carbocycles. The molecule has 0 spiro atoms. The van der Waals surface area contributed by atoms with Crippen molar-refractivity contribution in [3.63, 3.8) is 0 Å². The largest absolute Gasteiger partial charge is 0.479 e. The number of methoxy groups -OCH3 is 1. The van der Waals surface area contributed by atoms with Crippen molar-refractivity contribution in [2.45, 2.75) is 37.6 Å². The van der Waals surface area contributed by atoms with E-state index in [9.17, 15) is 4.79 Å². The van der Waals surface area contributed by atoms with E-state index in [4.69, 9.17) is 4.74 Å². The zero-order valence-electron chi connectivity index (χ0n) is 14.7. The van der Waals surface area contributed by atoms with Gasteiger partial charge in [-0.2, -0.15) is 5.10 Å². The first-order valence-electron chi connectivity index (χ1n) is 8.83. The van der Waals surface area contributed by atoms with Crippen LogP contribution in [0, 0.1) is 0 Å². The third-order valence-corrected chi connectivity index (χ3v) is 4.99. The highest BCUT2D eigenvalue weighted by atomic mass is 16.5. The van der Waals surface area contributed by atoms with Crippen molar-refractivity contribution in [2.75, 3.05) is 25.1 Å². The molecule has 3 heterocycles. The third kappa shape index (κ3) is 3.33. The first-order chi connectivity index (χ1) is 12.1. The number of hydrogen-bond donors (Lipinski definition) is 2. The Kier molecular flexibility index (Phi) is 4.10. The van der Waals surface area contributed by atoms with Crippen molar-refractivity contribution in [2.24, 2.45) is 7.05 Å². The number of aryl methyl sites for hydroxylation is 1. The van der Waals surface area contributed by atoms with E-state index in [1.807, 2.05) is 0 Å². The molecule has 134 valence electrons. The number of H-pyrrole nitrogens is 1. The molecule has 8 heteroatoms. The molecular weight excluding hydrogens is 320 g/mol. The molecule has 1 saturated carbocycles. The molecule has 0 bridgehead atoms. The Morgan fingerprint density at radius 3 is 2.76 bits per heavy atom. The summed E-state index contributed by atoms with van der Waals surface area (Å²) in [5.41, 5.74) is 1.74. The Morgan fingerprint density at radius 1 is 1.32 bits per heavy atom. The summed E-state index contributed by atoms with van der Waals surface area (Å²) in [5, 5.41) is 14.8. The van der Waals surface area contributed by atoms with Gasteiger partial charge >= 0.3 is 0 Å². The molecule has 2 aromatic rings. The molecule has 2 aromatic heterocycles. The average Bonchev–Trinajstić information content (AvgIpc) is 3.22. The van der Waals surface area contributed by atoms with Crippen LogP contribution in [-0.2, 0) is 7.05 Å². The second-order valence-electron chi connectivity index (χ2n) is 6.92. The normalized spacial score (nSPS) is 18.4. The van der Waals surface area contributed by atoms with Crippen LogP contribution in [0.1, 0.15) is 47.7 Å². The van der Waals surface area contributed by atoms with Gasteiger partial charge in [0.05, 0.1) is 7.11 Å². The molecule has 25 heavy (non-hydrogen) atoms. The molecule has 2 N–H and O–H groups in total. The number of amides is 1. The van der Waals surface area contributed by atoms with Gasteiger partial charge in [-0.15, -0.1) is 5.10 Å².